The van der Waals surface area contributed by atoms with Gasteiger partial charge in [-0.1, -0.05) is 231 Å². The van der Waals surface area contributed by atoms with Gasteiger partial charge in [0.15, 0.2) is 23.3 Å². The van der Waals surface area contributed by atoms with E-state index in [4.69, 9.17) is 24.9 Å². The van der Waals surface area contributed by atoms with Gasteiger partial charge >= 0.3 is 0 Å². The molecule has 0 aliphatic heterocycles. The van der Waals surface area contributed by atoms with Gasteiger partial charge in [-0.3, -0.25) is 0 Å². The molecule has 67 heavy (non-hydrogen) atoms. The summed E-state index contributed by atoms with van der Waals surface area (Å²) in [6.07, 6.45) is 0. The largest absolute Gasteiger partial charge is 0.228 e. The first-order chi connectivity index (χ1) is 33.2. The lowest BCUT2D eigenvalue weighted by Gasteiger charge is -2.34. The average Bonchev–Trinajstić information content (AvgIpc) is 3.73. The van der Waals surface area contributed by atoms with Gasteiger partial charge in [0.05, 0.1) is 16.8 Å². The number of fused-ring (bicyclic) bond motifs is 3. The Morgan fingerprint density at radius 3 is 1.13 bits per heavy atom. The van der Waals surface area contributed by atoms with Crippen molar-refractivity contribution in [3.05, 3.63) is 271 Å². The summed E-state index contributed by atoms with van der Waals surface area (Å²) in [4.78, 5) is 25.6. The molecule has 12 rings (SSSR count). The van der Waals surface area contributed by atoms with Gasteiger partial charge in [0.1, 0.15) is 0 Å². The lowest BCUT2D eigenvalue weighted by molar-refractivity contribution is 0.768. The maximum absolute atomic E-state index is 5.21. The fourth-order valence-electron chi connectivity index (χ4n) is 9.70. The smallest absolute Gasteiger partial charge is 0.164 e. The first-order valence-corrected chi connectivity index (χ1v) is 22.6. The number of rotatable bonds is 9. The first-order valence-electron chi connectivity index (χ1n) is 22.6. The van der Waals surface area contributed by atoms with E-state index in [1.54, 1.807) is 0 Å². The van der Waals surface area contributed by atoms with Crippen LogP contribution >= 0.6 is 0 Å². The van der Waals surface area contributed by atoms with Crippen molar-refractivity contribution >= 4 is 0 Å². The molecule has 1 aliphatic rings. The van der Waals surface area contributed by atoms with Crippen LogP contribution in [0.1, 0.15) is 22.3 Å². The molecule has 0 N–H and O–H groups in total. The highest BCUT2D eigenvalue weighted by Gasteiger charge is 2.45. The Labute approximate surface area is 389 Å². The van der Waals surface area contributed by atoms with E-state index in [0.717, 1.165) is 55.9 Å². The van der Waals surface area contributed by atoms with Crippen LogP contribution in [0.3, 0.4) is 0 Å². The van der Waals surface area contributed by atoms with Crippen LogP contribution in [0.2, 0.25) is 0 Å². The number of hydrogen-bond acceptors (Lipinski definition) is 5. The molecular weight excluding hydrogens is 815 g/mol. The molecule has 2 heterocycles. The maximum Gasteiger partial charge on any atom is 0.164 e. The molecule has 11 aromatic rings. The second-order valence-corrected chi connectivity index (χ2v) is 16.8. The highest BCUT2D eigenvalue weighted by molar-refractivity contribution is 5.86. The molecule has 5 heteroatoms. The Balaban J connectivity index is 0.941. The highest BCUT2D eigenvalue weighted by atomic mass is 15.0. The minimum atomic E-state index is -0.494. The van der Waals surface area contributed by atoms with E-state index in [9.17, 15) is 0 Å². The SMILES string of the molecule is c1ccc(-c2cc(-c3cccc(-c4cccc(-c5nc(-c6ccccc6)nc(-c6ccc(C7(c8ccccc8)c8ccccc8-c8ccccc87)cc6)n5)c4)c3)nc(-c3ccccc3)n2)cc1. The summed E-state index contributed by atoms with van der Waals surface area (Å²) in [5.41, 5.74) is 16.5. The summed E-state index contributed by atoms with van der Waals surface area (Å²) < 4.78 is 0. The average molecular weight is 856 g/mol. The van der Waals surface area contributed by atoms with Crippen molar-refractivity contribution in [3.63, 3.8) is 0 Å². The third-order valence-corrected chi connectivity index (χ3v) is 12.8. The third-order valence-electron chi connectivity index (χ3n) is 12.8. The Bertz CT molecular complexity index is 3450. The second-order valence-electron chi connectivity index (χ2n) is 16.8. The van der Waals surface area contributed by atoms with Gasteiger partial charge in [-0.2, -0.15) is 0 Å². The van der Waals surface area contributed by atoms with Gasteiger partial charge in [0.2, 0.25) is 0 Å². The normalized spacial score (nSPS) is 12.3. The molecule has 9 aromatic carbocycles. The van der Waals surface area contributed by atoms with E-state index in [0.29, 0.717) is 23.3 Å². The number of hydrogen-bond donors (Lipinski definition) is 0. The molecule has 0 atom stereocenters. The molecule has 0 amide bonds. The zero-order valence-electron chi connectivity index (χ0n) is 36.4. The van der Waals surface area contributed by atoms with Crippen molar-refractivity contribution in [1.29, 1.82) is 0 Å². The zero-order valence-corrected chi connectivity index (χ0v) is 36.4. The van der Waals surface area contributed by atoms with Gasteiger partial charge in [-0.15, -0.1) is 0 Å². The van der Waals surface area contributed by atoms with Crippen LogP contribution in [0.15, 0.2) is 249 Å². The standard InChI is InChI=1S/C62H41N5/c1-5-19-42(20-6-1)56-41-57(64-58(63-56)43-21-7-2-8-22-43)48-27-17-25-46(39-48)47-26-18-28-49(40-47)61-66-59(44-23-9-3-10-24-44)65-60(67-61)45-35-37-51(38-36-45)62(50-29-11-4-12-30-50)54-33-15-13-31-52(54)53-32-14-16-34-55(53)62/h1-41H. The Kier molecular flexibility index (Phi) is 9.99. The van der Waals surface area contributed by atoms with Gasteiger partial charge in [-0.05, 0) is 62.7 Å². The van der Waals surface area contributed by atoms with E-state index in [2.05, 4.69) is 182 Å². The van der Waals surface area contributed by atoms with Crippen molar-refractivity contribution in [3.8, 4) is 90.3 Å². The minimum Gasteiger partial charge on any atom is -0.228 e. The summed E-state index contributed by atoms with van der Waals surface area (Å²) >= 11 is 0. The molecule has 0 radical (unpaired) electrons. The van der Waals surface area contributed by atoms with Crippen LogP contribution in [0.4, 0.5) is 0 Å². The predicted molar refractivity (Wildman–Crippen MR) is 271 cm³/mol. The Hall–Kier alpha value is -8.93. The second kappa shape index (κ2) is 16.9. The topological polar surface area (TPSA) is 64.5 Å². The van der Waals surface area contributed by atoms with Crippen LogP contribution in [0.5, 0.6) is 0 Å². The summed E-state index contributed by atoms with van der Waals surface area (Å²) in [7, 11) is 0. The van der Waals surface area contributed by atoms with E-state index in [-0.39, 0.29) is 0 Å². The molecule has 5 nitrogen and oxygen atoms in total. The van der Waals surface area contributed by atoms with Gasteiger partial charge in [0, 0.05) is 33.4 Å². The minimum absolute atomic E-state index is 0.494. The first kappa shape index (κ1) is 39.6. The molecule has 0 spiro atoms. The van der Waals surface area contributed by atoms with Crippen LogP contribution in [0, 0.1) is 0 Å². The number of benzene rings is 9. The molecular formula is C62H41N5. The lowest BCUT2D eigenvalue weighted by Crippen LogP contribution is -2.28. The van der Waals surface area contributed by atoms with E-state index >= 15 is 0 Å². The number of aromatic nitrogens is 5. The van der Waals surface area contributed by atoms with Crippen LogP contribution in [-0.4, -0.2) is 24.9 Å². The van der Waals surface area contributed by atoms with Gasteiger partial charge < -0.3 is 0 Å². The fraction of sp³-hybridized carbons (Fsp3) is 0.0161. The van der Waals surface area contributed by atoms with Crippen molar-refractivity contribution in [2.45, 2.75) is 5.41 Å². The fourth-order valence-corrected chi connectivity index (χ4v) is 9.70. The van der Waals surface area contributed by atoms with Crippen molar-refractivity contribution in [1.82, 2.24) is 24.9 Å². The van der Waals surface area contributed by atoms with Crippen LogP contribution < -0.4 is 0 Å². The molecule has 0 bridgehead atoms. The van der Waals surface area contributed by atoms with E-state index in [1.165, 1.54) is 33.4 Å². The van der Waals surface area contributed by atoms with Gasteiger partial charge in [-0.25, -0.2) is 24.9 Å². The Morgan fingerprint density at radius 1 is 0.224 bits per heavy atom. The molecule has 0 saturated heterocycles. The predicted octanol–water partition coefficient (Wildman–Crippen LogP) is 14.7. The van der Waals surface area contributed by atoms with E-state index < -0.39 is 5.41 Å². The maximum atomic E-state index is 5.21. The van der Waals surface area contributed by atoms with Gasteiger partial charge in [0.25, 0.3) is 0 Å². The van der Waals surface area contributed by atoms with Crippen molar-refractivity contribution in [2.75, 3.05) is 0 Å². The monoisotopic (exact) mass is 855 g/mol. The molecule has 0 unspecified atom stereocenters. The summed E-state index contributed by atoms with van der Waals surface area (Å²) in [6, 6.07) is 87.0. The molecule has 314 valence electrons. The molecule has 2 aromatic heterocycles. The number of nitrogens with zero attached hydrogens (tertiary/aromatic N) is 5. The highest BCUT2D eigenvalue weighted by Crippen LogP contribution is 2.56. The third kappa shape index (κ3) is 7.20. The van der Waals surface area contributed by atoms with Crippen molar-refractivity contribution < 1.29 is 0 Å². The lowest BCUT2D eigenvalue weighted by atomic mass is 9.67. The summed E-state index contributed by atoms with van der Waals surface area (Å²) in [6.45, 7) is 0. The molecule has 0 saturated carbocycles. The Morgan fingerprint density at radius 2 is 0.582 bits per heavy atom. The summed E-state index contributed by atoms with van der Waals surface area (Å²) in [5, 5.41) is 0. The van der Waals surface area contributed by atoms with Crippen LogP contribution in [0.25, 0.3) is 90.3 Å². The molecule has 0 fully saturated rings. The van der Waals surface area contributed by atoms with Crippen LogP contribution in [-0.2, 0) is 5.41 Å². The molecule has 1 aliphatic carbocycles. The summed E-state index contributed by atoms with van der Waals surface area (Å²) in [5.74, 6) is 2.50. The zero-order chi connectivity index (χ0) is 44.6. The van der Waals surface area contributed by atoms with E-state index in [1.807, 2.05) is 66.7 Å². The van der Waals surface area contributed by atoms with Crippen molar-refractivity contribution in [2.24, 2.45) is 0 Å². The quantitative estimate of drug-likeness (QED) is 0.145.